The molecule has 50 heavy (non-hydrogen) atoms. The minimum atomic E-state index is 0.0374. The third-order valence-electron chi connectivity index (χ3n) is 10.2. The summed E-state index contributed by atoms with van der Waals surface area (Å²) in [6.07, 6.45) is 49.8. The molecular weight excluding hydrogens is 615 g/mol. The van der Waals surface area contributed by atoms with Crippen LogP contribution >= 0.6 is 0 Å². The number of carbonyl (C=O) groups excluding carboxylic acids is 1. The molecule has 0 aliphatic heterocycles. The quantitative estimate of drug-likeness (QED) is 0.0391. The van der Waals surface area contributed by atoms with Crippen molar-refractivity contribution in [2.24, 2.45) is 0 Å². The highest BCUT2D eigenvalue weighted by atomic mass is 16.5. The minimum Gasteiger partial charge on any atom is -0.462 e. The summed E-state index contributed by atoms with van der Waals surface area (Å²) in [6, 6.07) is 0. The molecule has 0 aromatic heterocycles. The van der Waals surface area contributed by atoms with Crippen LogP contribution < -0.4 is 0 Å². The molecule has 0 heterocycles. The van der Waals surface area contributed by atoms with E-state index < -0.39 is 0 Å². The Balaban J connectivity index is 4.02. The number of aliphatic hydroxyl groups is 1. The SMILES string of the molecule is CCCCC/C=C/C/C=C/CCCCCCCCN(CCCO)CCCCCCCC(=O)OC(CCCCCCCC)CCCCCCCC. The maximum atomic E-state index is 12.7. The van der Waals surface area contributed by atoms with Crippen molar-refractivity contribution < 1.29 is 14.6 Å². The molecular formula is C46H89NO3. The molecule has 0 aliphatic rings. The minimum absolute atomic E-state index is 0.0374. The van der Waals surface area contributed by atoms with Gasteiger partial charge in [-0.15, -0.1) is 0 Å². The molecule has 0 fully saturated rings. The molecule has 0 radical (unpaired) electrons. The Bertz CT molecular complexity index is 704. The molecule has 296 valence electrons. The predicted molar refractivity (Wildman–Crippen MR) is 221 cm³/mol. The molecule has 0 atom stereocenters. The first-order chi connectivity index (χ1) is 24.7. The fraction of sp³-hybridized carbons (Fsp3) is 0.891. The lowest BCUT2D eigenvalue weighted by Crippen LogP contribution is -2.27. The summed E-state index contributed by atoms with van der Waals surface area (Å²) in [7, 11) is 0. The number of hydrogen-bond acceptors (Lipinski definition) is 4. The highest BCUT2D eigenvalue weighted by molar-refractivity contribution is 5.69. The number of rotatable bonds is 41. The van der Waals surface area contributed by atoms with E-state index in [9.17, 15) is 9.90 Å². The number of nitrogens with zero attached hydrogens (tertiary/aromatic N) is 1. The second-order valence-corrected chi connectivity index (χ2v) is 15.2. The Morgan fingerprint density at radius 3 is 1.42 bits per heavy atom. The van der Waals surface area contributed by atoms with Crippen molar-refractivity contribution in [2.45, 2.75) is 239 Å². The highest BCUT2D eigenvalue weighted by Crippen LogP contribution is 2.18. The third kappa shape index (κ3) is 38.1. The third-order valence-corrected chi connectivity index (χ3v) is 10.2. The molecule has 0 amide bonds. The number of unbranched alkanes of at least 4 members (excludes halogenated alkanes) is 23. The summed E-state index contributed by atoms with van der Waals surface area (Å²) >= 11 is 0. The largest absolute Gasteiger partial charge is 0.462 e. The highest BCUT2D eigenvalue weighted by Gasteiger charge is 2.14. The lowest BCUT2D eigenvalue weighted by molar-refractivity contribution is -0.150. The van der Waals surface area contributed by atoms with E-state index in [1.165, 1.54) is 173 Å². The van der Waals surface area contributed by atoms with Crippen LogP contribution in [0.15, 0.2) is 24.3 Å². The molecule has 4 nitrogen and oxygen atoms in total. The summed E-state index contributed by atoms with van der Waals surface area (Å²) in [6.45, 7) is 10.4. The number of esters is 1. The maximum absolute atomic E-state index is 12.7. The van der Waals surface area contributed by atoms with E-state index in [4.69, 9.17) is 4.74 Å². The number of allylic oxidation sites excluding steroid dienone is 4. The average Bonchev–Trinajstić information content (AvgIpc) is 3.12. The number of carbonyl (C=O) groups is 1. The molecule has 0 saturated carbocycles. The van der Waals surface area contributed by atoms with E-state index in [1.807, 2.05) is 0 Å². The normalized spacial score (nSPS) is 12.0. The second-order valence-electron chi connectivity index (χ2n) is 15.2. The van der Waals surface area contributed by atoms with Crippen molar-refractivity contribution in [1.29, 1.82) is 0 Å². The first-order valence-electron chi connectivity index (χ1n) is 22.5. The Hall–Kier alpha value is -1.13. The zero-order valence-electron chi connectivity index (χ0n) is 34.3. The zero-order valence-corrected chi connectivity index (χ0v) is 34.3. The van der Waals surface area contributed by atoms with E-state index in [-0.39, 0.29) is 18.7 Å². The van der Waals surface area contributed by atoms with Gasteiger partial charge in [-0.25, -0.2) is 0 Å². The number of aliphatic hydroxyl groups excluding tert-OH is 1. The van der Waals surface area contributed by atoms with Crippen LogP contribution in [-0.4, -0.2) is 48.3 Å². The van der Waals surface area contributed by atoms with Crippen LogP contribution in [0.25, 0.3) is 0 Å². The zero-order chi connectivity index (χ0) is 36.4. The van der Waals surface area contributed by atoms with Crippen LogP contribution in [-0.2, 0) is 9.53 Å². The van der Waals surface area contributed by atoms with Crippen LogP contribution in [0.2, 0.25) is 0 Å². The van der Waals surface area contributed by atoms with Gasteiger partial charge in [0.2, 0.25) is 0 Å². The Morgan fingerprint density at radius 1 is 0.500 bits per heavy atom. The molecule has 0 aromatic rings. The van der Waals surface area contributed by atoms with Crippen molar-refractivity contribution in [3.05, 3.63) is 24.3 Å². The van der Waals surface area contributed by atoms with E-state index in [0.717, 1.165) is 51.6 Å². The van der Waals surface area contributed by atoms with Crippen molar-refractivity contribution in [1.82, 2.24) is 4.90 Å². The standard InChI is InChI=1S/C46H89NO3/c1-4-7-10-13-16-17-18-19-20-21-22-23-24-25-30-35-41-47(43-37-44-48)42-36-31-26-29-34-40-46(49)50-45(38-32-27-14-11-8-5-2)39-33-28-15-12-9-6-3/h16-17,19-20,45,48H,4-15,18,21-44H2,1-3H3/b17-16+,20-19+. The monoisotopic (exact) mass is 704 g/mol. The van der Waals surface area contributed by atoms with Crippen molar-refractivity contribution >= 4 is 5.97 Å². The van der Waals surface area contributed by atoms with Crippen LogP contribution in [0.5, 0.6) is 0 Å². The van der Waals surface area contributed by atoms with Crippen LogP contribution in [0.3, 0.4) is 0 Å². The molecule has 0 unspecified atom stereocenters. The fourth-order valence-corrected chi connectivity index (χ4v) is 6.90. The average molecular weight is 704 g/mol. The molecule has 1 N–H and O–H groups in total. The Morgan fingerprint density at radius 2 is 0.900 bits per heavy atom. The van der Waals surface area contributed by atoms with Crippen LogP contribution in [0.4, 0.5) is 0 Å². The van der Waals surface area contributed by atoms with Gasteiger partial charge in [0.05, 0.1) is 0 Å². The van der Waals surface area contributed by atoms with Crippen LogP contribution in [0.1, 0.15) is 233 Å². The van der Waals surface area contributed by atoms with Crippen molar-refractivity contribution in [2.75, 3.05) is 26.2 Å². The van der Waals surface area contributed by atoms with Crippen molar-refractivity contribution in [3.8, 4) is 0 Å². The number of hydrogen-bond donors (Lipinski definition) is 1. The first kappa shape index (κ1) is 48.9. The summed E-state index contributed by atoms with van der Waals surface area (Å²) in [5.41, 5.74) is 0. The Labute approximate surface area is 314 Å². The second kappa shape index (κ2) is 42.3. The van der Waals surface area contributed by atoms with Gasteiger partial charge < -0.3 is 14.7 Å². The lowest BCUT2D eigenvalue weighted by atomic mass is 10.0. The molecule has 0 spiro atoms. The van der Waals surface area contributed by atoms with Crippen molar-refractivity contribution in [3.63, 3.8) is 0 Å². The van der Waals surface area contributed by atoms with Gasteiger partial charge in [0, 0.05) is 19.6 Å². The molecule has 0 aliphatic carbocycles. The van der Waals surface area contributed by atoms with Gasteiger partial charge in [-0.05, 0) is 96.6 Å². The van der Waals surface area contributed by atoms with Gasteiger partial charge in [-0.3, -0.25) is 4.79 Å². The van der Waals surface area contributed by atoms with E-state index >= 15 is 0 Å². The topological polar surface area (TPSA) is 49.8 Å². The summed E-state index contributed by atoms with van der Waals surface area (Å²) < 4.78 is 6.04. The fourth-order valence-electron chi connectivity index (χ4n) is 6.90. The summed E-state index contributed by atoms with van der Waals surface area (Å²) in [5, 5.41) is 9.39. The summed E-state index contributed by atoms with van der Waals surface area (Å²) in [4.78, 5) is 15.3. The van der Waals surface area contributed by atoms with Crippen LogP contribution in [0, 0.1) is 0 Å². The summed E-state index contributed by atoms with van der Waals surface area (Å²) in [5.74, 6) is 0.0374. The molecule has 0 aromatic carbocycles. The van der Waals surface area contributed by atoms with Gasteiger partial charge >= 0.3 is 5.97 Å². The lowest BCUT2D eigenvalue weighted by Gasteiger charge is -2.22. The first-order valence-corrected chi connectivity index (χ1v) is 22.5. The molecule has 0 rings (SSSR count). The maximum Gasteiger partial charge on any atom is 0.306 e. The molecule has 0 saturated heterocycles. The number of ether oxygens (including phenoxy) is 1. The van der Waals surface area contributed by atoms with Gasteiger partial charge in [0.15, 0.2) is 0 Å². The Kier molecular flexibility index (Phi) is 41.3. The van der Waals surface area contributed by atoms with Gasteiger partial charge in [-0.1, -0.05) is 167 Å². The van der Waals surface area contributed by atoms with E-state index in [0.29, 0.717) is 6.42 Å². The molecule has 4 heteroatoms. The van der Waals surface area contributed by atoms with E-state index in [1.54, 1.807) is 0 Å². The van der Waals surface area contributed by atoms with Gasteiger partial charge in [-0.2, -0.15) is 0 Å². The van der Waals surface area contributed by atoms with E-state index in [2.05, 4.69) is 50.0 Å². The van der Waals surface area contributed by atoms with Gasteiger partial charge in [0.25, 0.3) is 0 Å². The van der Waals surface area contributed by atoms with Gasteiger partial charge in [0.1, 0.15) is 6.10 Å². The predicted octanol–water partition coefficient (Wildman–Crippen LogP) is 14.2. The smallest absolute Gasteiger partial charge is 0.306 e. The molecule has 0 bridgehead atoms.